The fourth-order valence-corrected chi connectivity index (χ4v) is 2.93. The smallest absolute Gasteiger partial charge is 0.301 e. The van der Waals surface area contributed by atoms with Crippen molar-refractivity contribution in [2.24, 2.45) is 0 Å². The van der Waals surface area contributed by atoms with Crippen molar-refractivity contribution in [2.75, 3.05) is 44.7 Å². The number of nitrogens with zero attached hydrogens (tertiary/aromatic N) is 4. The number of nitrogens with one attached hydrogen (secondary N) is 1. The molecule has 3 rings (SSSR count). The molecule has 1 N–H and O–H groups in total. The first-order valence-electron chi connectivity index (χ1n) is 7.79. The number of amides is 1. The Bertz CT molecular complexity index is 773. The molecule has 0 aliphatic carbocycles. The third kappa shape index (κ3) is 3.13. The van der Waals surface area contributed by atoms with Gasteiger partial charge in [-0.05, 0) is 24.3 Å². The number of nitro groups is 1. The van der Waals surface area contributed by atoms with Gasteiger partial charge in [-0.1, -0.05) is 0 Å². The molecule has 1 fully saturated rings. The summed E-state index contributed by atoms with van der Waals surface area (Å²) >= 11 is 0. The van der Waals surface area contributed by atoms with Crippen LogP contribution in [0.5, 0.6) is 0 Å². The zero-order valence-electron chi connectivity index (χ0n) is 13.4. The molecule has 1 aliphatic heterocycles. The average Bonchev–Trinajstić information content (AvgIpc) is 2.61. The monoisotopic (exact) mass is 329 g/mol. The van der Waals surface area contributed by atoms with Crippen molar-refractivity contribution in [2.45, 2.75) is 0 Å². The maximum atomic E-state index is 12.4. The molecule has 0 radical (unpaired) electrons. The number of piperazine rings is 1. The number of hydrogen-bond donors (Lipinski definition) is 1. The molecule has 0 saturated carbocycles. The summed E-state index contributed by atoms with van der Waals surface area (Å²) in [7, 11) is 1.70. The highest BCUT2D eigenvalue weighted by Gasteiger charge is 2.24. The Kier molecular flexibility index (Phi) is 4.57. The SMILES string of the molecule is CN(CC(=O)N1CCNCC1)c1ccc2ncccc2c1[N+](=O)[O-]. The largest absolute Gasteiger partial charge is 0.360 e. The normalized spacial score (nSPS) is 14.6. The first-order valence-corrected chi connectivity index (χ1v) is 7.79. The van der Waals surface area contributed by atoms with Gasteiger partial charge in [0.25, 0.3) is 0 Å². The van der Waals surface area contributed by atoms with Crippen molar-refractivity contribution >= 4 is 28.2 Å². The highest BCUT2D eigenvalue weighted by atomic mass is 16.6. The Morgan fingerprint density at radius 3 is 2.83 bits per heavy atom. The van der Waals surface area contributed by atoms with E-state index < -0.39 is 4.92 Å². The summed E-state index contributed by atoms with van der Waals surface area (Å²) in [4.78, 5) is 31.1. The van der Waals surface area contributed by atoms with E-state index in [1.165, 1.54) is 0 Å². The Morgan fingerprint density at radius 1 is 1.38 bits per heavy atom. The molecule has 1 saturated heterocycles. The van der Waals surface area contributed by atoms with E-state index >= 15 is 0 Å². The minimum atomic E-state index is -0.412. The Morgan fingerprint density at radius 2 is 2.12 bits per heavy atom. The number of benzene rings is 1. The molecule has 8 heteroatoms. The van der Waals surface area contributed by atoms with Gasteiger partial charge >= 0.3 is 5.69 Å². The summed E-state index contributed by atoms with van der Waals surface area (Å²) in [5, 5.41) is 15.2. The molecule has 1 aromatic carbocycles. The van der Waals surface area contributed by atoms with Crippen molar-refractivity contribution in [3.8, 4) is 0 Å². The number of pyridine rings is 1. The summed E-state index contributed by atoms with van der Waals surface area (Å²) in [5.74, 6) is -0.0282. The highest BCUT2D eigenvalue weighted by molar-refractivity contribution is 5.95. The number of aromatic nitrogens is 1. The second-order valence-corrected chi connectivity index (χ2v) is 5.75. The van der Waals surface area contributed by atoms with E-state index in [0.29, 0.717) is 29.7 Å². The minimum absolute atomic E-state index is 0.0174. The number of fused-ring (bicyclic) bond motifs is 1. The molecule has 8 nitrogen and oxygen atoms in total. The van der Waals surface area contributed by atoms with Crippen molar-refractivity contribution in [1.82, 2.24) is 15.2 Å². The maximum absolute atomic E-state index is 12.4. The second kappa shape index (κ2) is 6.79. The molecule has 126 valence electrons. The summed E-state index contributed by atoms with van der Waals surface area (Å²) < 4.78 is 0. The van der Waals surface area contributed by atoms with Gasteiger partial charge < -0.3 is 15.1 Å². The number of anilines is 1. The Labute approximate surface area is 139 Å². The van der Waals surface area contributed by atoms with Gasteiger partial charge in [0.2, 0.25) is 5.91 Å². The lowest BCUT2D eigenvalue weighted by atomic mass is 10.1. The van der Waals surface area contributed by atoms with Gasteiger partial charge in [0.15, 0.2) is 0 Å². The third-order valence-electron chi connectivity index (χ3n) is 4.17. The van der Waals surface area contributed by atoms with Gasteiger partial charge in [-0.25, -0.2) is 0 Å². The highest BCUT2D eigenvalue weighted by Crippen LogP contribution is 2.34. The zero-order valence-corrected chi connectivity index (χ0v) is 13.4. The van der Waals surface area contributed by atoms with Crippen LogP contribution in [0.4, 0.5) is 11.4 Å². The van der Waals surface area contributed by atoms with Crippen molar-refractivity contribution in [3.05, 3.63) is 40.6 Å². The summed E-state index contributed by atoms with van der Waals surface area (Å²) in [6, 6.07) is 6.74. The molecule has 0 bridgehead atoms. The second-order valence-electron chi connectivity index (χ2n) is 5.75. The lowest BCUT2D eigenvalue weighted by molar-refractivity contribution is -0.382. The molecule has 1 aromatic heterocycles. The summed E-state index contributed by atoms with van der Waals surface area (Å²) in [6.07, 6.45) is 1.60. The predicted molar refractivity (Wildman–Crippen MR) is 91.1 cm³/mol. The predicted octanol–water partition coefficient (Wildman–Crippen LogP) is 1.01. The average molecular weight is 329 g/mol. The molecule has 0 atom stereocenters. The molecule has 1 amide bonds. The third-order valence-corrected chi connectivity index (χ3v) is 4.17. The fourth-order valence-electron chi connectivity index (χ4n) is 2.93. The number of carbonyl (C=O) groups is 1. The van der Waals surface area contributed by atoms with Crippen LogP contribution in [0.25, 0.3) is 10.9 Å². The maximum Gasteiger partial charge on any atom is 0.301 e. The number of likely N-dealkylation sites (N-methyl/N-ethyl adjacent to an activating group) is 1. The molecule has 2 heterocycles. The summed E-state index contributed by atoms with van der Waals surface area (Å²) in [6.45, 7) is 2.98. The van der Waals surface area contributed by atoms with E-state index in [9.17, 15) is 14.9 Å². The fraction of sp³-hybridized carbons (Fsp3) is 0.375. The number of carbonyl (C=O) groups excluding carboxylic acids is 1. The van der Waals surface area contributed by atoms with Crippen molar-refractivity contribution < 1.29 is 9.72 Å². The van der Waals surface area contributed by atoms with Crippen LogP contribution in [0.3, 0.4) is 0 Å². The van der Waals surface area contributed by atoms with Crippen LogP contribution >= 0.6 is 0 Å². The molecule has 1 aliphatic rings. The topological polar surface area (TPSA) is 91.6 Å². The Hall–Kier alpha value is -2.74. The number of hydrogen-bond acceptors (Lipinski definition) is 6. The lowest BCUT2D eigenvalue weighted by Crippen LogP contribution is -2.49. The quantitative estimate of drug-likeness (QED) is 0.665. The van der Waals surface area contributed by atoms with Gasteiger partial charge in [0, 0.05) is 39.4 Å². The van der Waals surface area contributed by atoms with Gasteiger partial charge in [-0.3, -0.25) is 19.9 Å². The number of nitro benzene ring substituents is 1. The minimum Gasteiger partial charge on any atom is -0.360 e. The Balaban J connectivity index is 1.89. The molecule has 24 heavy (non-hydrogen) atoms. The van der Waals surface area contributed by atoms with Crippen LogP contribution in [0.1, 0.15) is 0 Å². The standard InChI is InChI=1S/C16H19N5O3/c1-19(11-15(22)20-9-7-17-8-10-20)14-5-4-13-12(3-2-6-18-13)16(14)21(23)24/h2-6,17H,7-11H2,1H3. The van der Waals surface area contributed by atoms with E-state index in [4.69, 9.17) is 0 Å². The molecule has 2 aromatic rings. The molecular formula is C16H19N5O3. The summed E-state index contributed by atoms with van der Waals surface area (Å²) in [5.41, 5.74) is 0.968. The van der Waals surface area contributed by atoms with Crippen LogP contribution in [-0.4, -0.2) is 60.5 Å². The van der Waals surface area contributed by atoms with Crippen LogP contribution < -0.4 is 10.2 Å². The van der Waals surface area contributed by atoms with Gasteiger partial charge in [0.05, 0.1) is 22.4 Å². The van der Waals surface area contributed by atoms with Gasteiger partial charge in [0.1, 0.15) is 5.69 Å². The number of rotatable bonds is 4. The molecule has 0 spiro atoms. The van der Waals surface area contributed by atoms with E-state index in [-0.39, 0.29) is 18.1 Å². The molecular weight excluding hydrogens is 310 g/mol. The van der Waals surface area contributed by atoms with Crippen LogP contribution in [0, 0.1) is 10.1 Å². The lowest BCUT2D eigenvalue weighted by Gasteiger charge is -2.29. The van der Waals surface area contributed by atoms with Gasteiger partial charge in [-0.2, -0.15) is 0 Å². The van der Waals surface area contributed by atoms with E-state index in [0.717, 1.165) is 13.1 Å². The van der Waals surface area contributed by atoms with Crippen LogP contribution in [-0.2, 0) is 4.79 Å². The van der Waals surface area contributed by atoms with Crippen molar-refractivity contribution in [3.63, 3.8) is 0 Å². The first-order chi connectivity index (χ1) is 11.6. The molecule has 0 unspecified atom stereocenters. The van der Waals surface area contributed by atoms with Crippen LogP contribution in [0.15, 0.2) is 30.5 Å². The van der Waals surface area contributed by atoms with Gasteiger partial charge in [-0.15, -0.1) is 0 Å². The van der Waals surface area contributed by atoms with Crippen LogP contribution in [0.2, 0.25) is 0 Å². The van der Waals surface area contributed by atoms with E-state index in [1.54, 1.807) is 47.3 Å². The van der Waals surface area contributed by atoms with Crippen molar-refractivity contribution in [1.29, 1.82) is 0 Å². The zero-order chi connectivity index (χ0) is 17.1. The van der Waals surface area contributed by atoms with E-state index in [2.05, 4.69) is 10.3 Å². The first kappa shape index (κ1) is 16.1. The van der Waals surface area contributed by atoms with E-state index in [1.807, 2.05) is 0 Å².